The summed E-state index contributed by atoms with van der Waals surface area (Å²) in [6, 6.07) is 9.58. The summed E-state index contributed by atoms with van der Waals surface area (Å²) in [5.41, 5.74) is 3.70. The van der Waals surface area contributed by atoms with Gasteiger partial charge in [0.1, 0.15) is 5.75 Å². The molecule has 0 bridgehead atoms. The number of rotatable bonds is 7. The number of benzene rings is 1. The highest BCUT2D eigenvalue weighted by Crippen LogP contribution is 2.22. The topological polar surface area (TPSA) is 76.1 Å². The Morgan fingerprint density at radius 3 is 2.65 bits per heavy atom. The van der Waals surface area contributed by atoms with Crippen LogP contribution < -0.4 is 15.4 Å². The van der Waals surface area contributed by atoms with Gasteiger partial charge >= 0.3 is 6.03 Å². The molecular formula is C19H20N4O2S. The third-order valence-electron chi connectivity index (χ3n) is 3.84. The Kier molecular flexibility index (Phi) is 6.16. The molecule has 0 atom stereocenters. The van der Waals surface area contributed by atoms with Crippen LogP contribution in [0.25, 0.3) is 11.3 Å². The van der Waals surface area contributed by atoms with E-state index in [0.29, 0.717) is 13.1 Å². The summed E-state index contributed by atoms with van der Waals surface area (Å²) < 4.78 is 5.13. The largest absolute Gasteiger partial charge is 0.497 e. The molecule has 2 N–H and O–H groups in total. The summed E-state index contributed by atoms with van der Waals surface area (Å²) in [4.78, 5) is 20.7. The van der Waals surface area contributed by atoms with Gasteiger partial charge < -0.3 is 15.4 Å². The third-order valence-corrected chi connectivity index (χ3v) is 4.53. The fraction of sp³-hybridized carbons (Fsp3) is 0.211. The third kappa shape index (κ3) is 4.80. The number of ether oxygens (including phenoxy) is 1. The standard InChI is InChI=1S/C19H20N4O2S/c1-25-16-4-2-14(3-5-16)6-8-22-19(24)23-12-17-18(21-10-9-20-17)15-7-11-26-13-15/h2-5,7,9-11,13H,6,8,12H2,1H3,(H2,22,23,24). The molecule has 0 aliphatic carbocycles. The maximum Gasteiger partial charge on any atom is 0.315 e. The number of nitrogens with zero attached hydrogens (tertiary/aromatic N) is 2. The van der Waals surface area contributed by atoms with Gasteiger partial charge in [0, 0.05) is 29.9 Å². The first-order valence-electron chi connectivity index (χ1n) is 8.23. The normalized spacial score (nSPS) is 10.3. The van der Waals surface area contributed by atoms with Crippen molar-refractivity contribution in [3.63, 3.8) is 0 Å². The van der Waals surface area contributed by atoms with Crippen molar-refractivity contribution in [1.82, 2.24) is 20.6 Å². The van der Waals surface area contributed by atoms with E-state index in [0.717, 1.165) is 34.7 Å². The van der Waals surface area contributed by atoms with Gasteiger partial charge in [-0.15, -0.1) is 0 Å². The van der Waals surface area contributed by atoms with Crippen molar-refractivity contribution in [3.8, 4) is 17.0 Å². The lowest BCUT2D eigenvalue weighted by molar-refractivity contribution is 0.240. The van der Waals surface area contributed by atoms with Gasteiger partial charge in [0.15, 0.2) is 0 Å². The van der Waals surface area contributed by atoms with Gasteiger partial charge in [-0.1, -0.05) is 12.1 Å². The van der Waals surface area contributed by atoms with Crippen LogP contribution in [0.1, 0.15) is 11.3 Å². The maximum absolute atomic E-state index is 12.0. The molecule has 6 nitrogen and oxygen atoms in total. The molecule has 0 saturated heterocycles. The minimum atomic E-state index is -0.222. The number of amides is 2. The van der Waals surface area contributed by atoms with Gasteiger partial charge in [0.2, 0.25) is 0 Å². The van der Waals surface area contributed by atoms with Crippen molar-refractivity contribution in [2.45, 2.75) is 13.0 Å². The molecule has 3 rings (SSSR count). The molecule has 2 heterocycles. The lowest BCUT2D eigenvalue weighted by atomic mass is 10.1. The Hall–Kier alpha value is -2.93. The number of carbonyl (C=O) groups excluding carboxylic acids is 1. The fourth-order valence-electron chi connectivity index (χ4n) is 2.48. The second kappa shape index (κ2) is 8.96. The molecular weight excluding hydrogens is 348 g/mol. The molecule has 0 aliphatic rings. The molecule has 3 aromatic rings. The summed E-state index contributed by atoms with van der Waals surface area (Å²) >= 11 is 1.60. The first kappa shape index (κ1) is 17.9. The number of hydrogen-bond donors (Lipinski definition) is 2. The highest BCUT2D eigenvalue weighted by atomic mass is 32.1. The van der Waals surface area contributed by atoms with Crippen molar-refractivity contribution in [2.24, 2.45) is 0 Å². The zero-order chi connectivity index (χ0) is 18.2. The summed E-state index contributed by atoms with van der Waals surface area (Å²) in [7, 11) is 1.64. The van der Waals surface area contributed by atoms with E-state index in [1.165, 1.54) is 0 Å². The lowest BCUT2D eigenvalue weighted by Crippen LogP contribution is -2.36. The molecule has 0 saturated carbocycles. The Bertz CT molecular complexity index is 835. The summed E-state index contributed by atoms with van der Waals surface area (Å²) in [6.07, 6.45) is 4.04. The average Bonchev–Trinajstić information content (AvgIpc) is 3.22. The molecule has 0 radical (unpaired) electrons. The SMILES string of the molecule is COc1ccc(CCNC(=O)NCc2nccnc2-c2ccsc2)cc1. The second-order valence-electron chi connectivity index (χ2n) is 5.57. The monoisotopic (exact) mass is 368 g/mol. The number of thiophene rings is 1. The minimum absolute atomic E-state index is 0.222. The van der Waals surface area contributed by atoms with Crippen molar-refractivity contribution in [3.05, 3.63) is 64.7 Å². The van der Waals surface area contributed by atoms with E-state index >= 15 is 0 Å². The number of hydrogen-bond acceptors (Lipinski definition) is 5. The minimum Gasteiger partial charge on any atom is -0.497 e. The maximum atomic E-state index is 12.0. The lowest BCUT2D eigenvalue weighted by Gasteiger charge is -2.09. The van der Waals surface area contributed by atoms with Crippen LogP contribution >= 0.6 is 11.3 Å². The zero-order valence-electron chi connectivity index (χ0n) is 14.4. The Morgan fingerprint density at radius 2 is 1.92 bits per heavy atom. The van der Waals surface area contributed by atoms with Crippen LogP contribution in [0.15, 0.2) is 53.5 Å². The molecule has 0 fully saturated rings. The molecule has 2 amide bonds. The molecule has 26 heavy (non-hydrogen) atoms. The first-order valence-corrected chi connectivity index (χ1v) is 9.17. The van der Waals surface area contributed by atoms with E-state index in [2.05, 4.69) is 20.6 Å². The highest BCUT2D eigenvalue weighted by Gasteiger charge is 2.09. The Morgan fingerprint density at radius 1 is 1.12 bits per heavy atom. The number of urea groups is 1. The van der Waals surface area contributed by atoms with Crippen LogP contribution in [0, 0.1) is 0 Å². The van der Waals surface area contributed by atoms with Crippen LogP contribution in [-0.2, 0) is 13.0 Å². The van der Waals surface area contributed by atoms with Crippen molar-refractivity contribution < 1.29 is 9.53 Å². The molecule has 134 valence electrons. The van der Waals surface area contributed by atoms with E-state index in [1.54, 1.807) is 30.8 Å². The predicted molar refractivity (Wildman–Crippen MR) is 102 cm³/mol. The van der Waals surface area contributed by atoms with Crippen molar-refractivity contribution in [1.29, 1.82) is 0 Å². The second-order valence-corrected chi connectivity index (χ2v) is 6.35. The van der Waals surface area contributed by atoms with Gasteiger partial charge in [0.05, 0.1) is 25.0 Å². The molecule has 0 unspecified atom stereocenters. The van der Waals surface area contributed by atoms with Crippen LogP contribution in [0.3, 0.4) is 0 Å². The van der Waals surface area contributed by atoms with E-state index in [1.807, 2.05) is 41.1 Å². The molecule has 1 aromatic carbocycles. The summed E-state index contributed by atoms with van der Waals surface area (Å²) in [6.45, 7) is 0.878. The van der Waals surface area contributed by atoms with E-state index in [4.69, 9.17) is 4.74 Å². The van der Waals surface area contributed by atoms with Crippen molar-refractivity contribution in [2.75, 3.05) is 13.7 Å². The molecule has 7 heteroatoms. The van der Waals surface area contributed by atoms with Gasteiger partial charge in [-0.05, 0) is 35.6 Å². The Balaban J connectivity index is 1.47. The van der Waals surface area contributed by atoms with E-state index < -0.39 is 0 Å². The van der Waals surface area contributed by atoms with Crippen molar-refractivity contribution >= 4 is 17.4 Å². The quantitative estimate of drug-likeness (QED) is 0.671. The van der Waals surface area contributed by atoms with Crippen LogP contribution in [0.4, 0.5) is 4.79 Å². The summed E-state index contributed by atoms with van der Waals surface area (Å²) in [5, 5.41) is 9.70. The van der Waals surface area contributed by atoms with E-state index in [9.17, 15) is 4.79 Å². The number of aromatic nitrogens is 2. The van der Waals surface area contributed by atoms with Crippen LogP contribution in [-0.4, -0.2) is 29.7 Å². The molecule has 0 spiro atoms. The van der Waals surface area contributed by atoms with Crippen LogP contribution in [0.2, 0.25) is 0 Å². The Labute approximate surface area is 156 Å². The predicted octanol–water partition coefficient (Wildman–Crippen LogP) is 3.26. The van der Waals surface area contributed by atoms with Gasteiger partial charge in [0.25, 0.3) is 0 Å². The van der Waals surface area contributed by atoms with Gasteiger partial charge in [-0.2, -0.15) is 11.3 Å². The number of methoxy groups -OCH3 is 1. The molecule has 0 aliphatic heterocycles. The van der Waals surface area contributed by atoms with Gasteiger partial charge in [-0.25, -0.2) is 4.79 Å². The number of nitrogens with one attached hydrogen (secondary N) is 2. The molecule has 2 aromatic heterocycles. The fourth-order valence-corrected chi connectivity index (χ4v) is 3.12. The first-order chi connectivity index (χ1) is 12.8. The van der Waals surface area contributed by atoms with Gasteiger partial charge in [-0.3, -0.25) is 9.97 Å². The van der Waals surface area contributed by atoms with E-state index in [-0.39, 0.29) is 6.03 Å². The van der Waals surface area contributed by atoms with Crippen LogP contribution in [0.5, 0.6) is 5.75 Å². The highest BCUT2D eigenvalue weighted by molar-refractivity contribution is 7.08. The number of carbonyl (C=O) groups is 1. The average molecular weight is 368 g/mol. The smallest absolute Gasteiger partial charge is 0.315 e. The zero-order valence-corrected chi connectivity index (χ0v) is 15.3. The summed E-state index contributed by atoms with van der Waals surface area (Å²) in [5.74, 6) is 0.824.